The average molecular weight is 387 g/mol. The standard InChI is InChI=1S/C21H26FN3O3/c1-12-20(13(2)28-25-12)17-9-14(24-21(26)16-10-18(16)22)6-7-19(17)27-11-15-5-3-4-8-23-15/h6-7,9,15-16,18,23H,3-5,8,10-11H2,1-2H3,(H,24,26)/t15-,16-,18+/m1/s1. The molecular formula is C21H26FN3O3. The first-order chi connectivity index (χ1) is 13.5. The first-order valence-corrected chi connectivity index (χ1v) is 9.91. The molecule has 150 valence electrons. The van der Waals surface area contributed by atoms with E-state index in [-0.39, 0.29) is 5.91 Å². The summed E-state index contributed by atoms with van der Waals surface area (Å²) in [4.78, 5) is 12.1. The molecule has 1 aromatic heterocycles. The number of halogens is 1. The van der Waals surface area contributed by atoms with Crippen LogP contribution in [0.2, 0.25) is 0 Å². The Balaban J connectivity index is 1.58. The molecule has 2 aromatic rings. The van der Waals surface area contributed by atoms with Gasteiger partial charge in [0.05, 0.1) is 17.2 Å². The van der Waals surface area contributed by atoms with Crippen molar-refractivity contribution in [3.8, 4) is 16.9 Å². The van der Waals surface area contributed by atoms with E-state index < -0.39 is 12.1 Å². The summed E-state index contributed by atoms with van der Waals surface area (Å²) in [5.74, 6) is 0.593. The number of benzene rings is 1. The predicted molar refractivity (Wildman–Crippen MR) is 104 cm³/mol. The van der Waals surface area contributed by atoms with Gasteiger partial charge in [0.1, 0.15) is 24.3 Å². The number of carbonyl (C=O) groups excluding carboxylic acids is 1. The highest BCUT2D eigenvalue weighted by Gasteiger charge is 2.43. The lowest BCUT2D eigenvalue weighted by molar-refractivity contribution is -0.117. The van der Waals surface area contributed by atoms with E-state index in [1.807, 2.05) is 26.0 Å². The van der Waals surface area contributed by atoms with Crippen molar-refractivity contribution in [1.82, 2.24) is 10.5 Å². The van der Waals surface area contributed by atoms with Crippen molar-refractivity contribution in [3.05, 3.63) is 29.7 Å². The molecule has 2 aliphatic rings. The lowest BCUT2D eigenvalue weighted by Gasteiger charge is -2.24. The summed E-state index contributed by atoms with van der Waals surface area (Å²) >= 11 is 0. The third-order valence-electron chi connectivity index (χ3n) is 5.45. The fraction of sp³-hybridized carbons (Fsp3) is 0.524. The minimum Gasteiger partial charge on any atom is -0.491 e. The number of piperidine rings is 1. The van der Waals surface area contributed by atoms with E-state index in [9.17, 15) is 9.18 Å². The first-order valence-electron chi connectivity index (χ1n) is 9.91. The van der Waals surface area contributed by atoms with Crippen LogP contribution >= 0.6 is 0 Å². The molecule has 1 aliphatic heterocycles. The molecule has 2 heterocycles. The zero-order chi connectivity index (χ0) is 19.7. The Morgan fingerprint density at radius 2 is 2.21 bits per heavy atom. The molecule has 7 heteroatoms. The summed E-state index contributed by atoms with van der Waals surface area (Å²) in [5.41, 5.74) is 3.05. The second kappa shape index (κ2) is 7.91. The van der Waals surface area contributed by atoms with Crippen molar-refractivity contribution in [2.45, 2.75) is 51.7 Å². The van der Waals surface area contributed by atoms with Crippen molar-refractivity contribution in [1.29, 1.82) is 0 Å². The van der Waals surface area contributed by atoms with Gasteiger partial charge in [-0.05, 0) is 57.9 Å². The summed E-state index contributed by atoms with van der Waals surface area (Å²) in [6.07, 6.45) is 2.79. The summed E-state index contributed by atoms with van der Waals surface area (Å²) in [7, 11) is 0. The average Bonchev–Trinajstić information content (AvgIpc) is 3.34. The normalized spacial score (nSPS) is 24.0. The molecular weight excluding hydrogens is 361 g/mol. The molecule has 1 saturated carbocycles. The van der Waals surface area contributed by atoms with Crippen molar-refractivity contribution < 1.29 is 18.4 Å². The highest BCUT2D eigenvalue weighted by molar-refractivity contribution is 5.95. The van der Waals surface area contributed by atoms with E-state index in [4.69, 9.17) is 9.26 Å². The van der Waals surface area contributed by atoms with Gasteiger partial charge in [-0.3, -0.25) is 4.79 Å². The van der Waals surface area contributed by atoms with E-state index in [0.717, 1.165) is 35.5 Å². The van der Waals surface area contributed by atoms with Crippen LogP contribution in [-0.2, 0) is 4.79 Å². The number of anilines is 1. The molecule has 0 radical (unpaired) electrons. The van der Waals surface area contributed by atoms with Gasteiger partial charge in [0.2, 0.25) is 5.91 Å². The van der Waals surface area contributed by atoms with Gasteiger partial charge in [-0.25, -0.2) is 4.39 Å². The van der Waals surface area contributed by atoms with Crippen LogP contribution in [0.25, 0.3) is 11.1 Å². The maximum Gasteiger partial charge on any atom is 0.230 e. The first kappa shape index (κ1) is 18.9. The van der Waals surface area contributed by atoms with Crippen LogP contribution in [0.15, 0.2) is 22.7 Å². The molecule has 3 atom stereocenters. The molecule has 4 rings (SSSR count). The number of rotatable bonds is 6. The van der Waals surface area contributed by atoms with E-state index >= 15 is 0 Å². The van der Waals surface area contributed by atoms with Crippen LogP contribution in [0.3, 0.4) is 0 Å². The predicted octanol–water partition coefficient (Wildman–Crippen LogP) is 3.78. The van der Waals surface area contributed by atoms with Crippen LogP contribution in [0.5, 0.6) is 5.75 Å². The number of aryl methyl sites for hydroxylation is 2. The Morgan fingerprint density at radius 3 is 2.86 bits per heavy atom. The van der Waals surface area contributed by atoms with Gasteiger partial charge in [-0.2, -0.15) is 0 Å². The molecule has 28 heavy (non-hydrogen) atoms. The Labute approximate surface area is 163 Å². The fourth-order valence-corrected chi connectivity index (χ4v) is 3.72. The maximum atomic E-state index is 13.2. The van der Waals surface area contributed by atoms with Gasteiger partial charge in [0, 0.05) is 17.3 Å². The van der Waals surface area contributed by atoms with Crippen LogP contribution in [0, 0.1) is 19.8 Å². The molecule has 0 spiro atoms. The number of nitrogens with one attached hydrogen (secondary N) is 2. The molecule has 0 unspecified atom stereocenters. The highest BCUT2D eigenvalue weighted by atomic mass is 19.1. The number of hydrogen-bond donors (Lipinski definition) is 2. The second-order valence-electron chi connectivity index (χ2n) is 7.72. The summed E-state index contributed by atoms with van der Waals surface area (Å²) < 4.78 is 24.6. The fourth-order valence-electron chi connectivity index (χ4n) is 3.72. The van der Waals surface area contributed by atoms with Gasteiger partial charge >= 0.3 is 0 Å². The number of alkyl halides is 1. The zero-order valence-corrected chi connectivity index (χ0v) is 16.3. The van der Waals surface area contributed by atoms with Crippen molar-refractivity contribution >= 4 is 11.6 Å². The van der Waals surface area contributed by atoms with Crippen molar-refractivity contribution in [3.63, 3.8) is 0 Å². The smallest absolute Gasteiger partial charge is 0.230 e. The number of hydrogen-bond acceptors (Lipinski definition) is 5. The highest BCUT2D eigenvalue weighted by Crippen LogP contribution is 2.38. The molecule has 0 bridgehead atoms. The maximum absolute atomic E-state index is 13.2. The number of amides is 1. The van der Waals surface area contributed by atoms with Crippen molar-refractivity contribution in [2.75, 3.05) is 18.5 Å². The monoisotopic (exact) mass is 387 g/mol. The minimum absolute atomic E-state index is 0.280. The SMILES string of the molecule is Cc1noc(C)c1-c1cc(NC(=O)[C@@H]2C[C@@H]2F)ccc1OC[C@H]1CCCCN1. The summed E-state index contributed by atoms with van der Waals surface area (Å²) in [5, 5.41) is 10.3. The van der Waals surface area contributed by atoms with Crippen LogP contribution in [0.1, 0.15) is 37.1 Å². The van der Waals surface area contributed by atoms with Gasteiger partial charge in [0.15, 0.2) is 0 Å². The van der Waals surface area contributed by atoms with Crippen LogP contribution < -0.4 is 15.4 Å². The third-order valence-corrected chi connectivity index (χ3v) is 5.45. The Morgan fingerprint density at radius 1 is 1.39 bits per heavy atom. The Hall–Kier alpha value is -2.41. The molecule has 6 nitrogen and oxygen atoms in total. The van der Waals surface area contributed by atoms with E-state index in [2.05, 4.69) is 15.8 Å². The number of nitrogens with zero attached hydrogens (tertiary/aromatic N) is 1. The van der Waals surface area contributed by atoms with Gasteiger partial charge in [-0.1, -0.05) is 11.6 Å². The van der Waals surface area contributed by atoms with Gasteiger partial charge < -0.3 is 19.9 Å². The van der Waals surface area contributed by atoms with Gasteiger partial charge in [-0.15, -0.1) is 0 Å². The molecule has 1 amide bonds. The third kappa shape index (κ3) is 4.04. The van der Waals surface area contributed by atoms with E-state index in [1.54, 1.807) is 6.07 Å². The molecule has 1 aliphatic carbocycles. The largest absolute Gasteiger partial charge is 0.491 e. The van der Waals surface area contributed by atoms with Gasteiger partial charge in [0.25, 0.3) is 0 Å². The quantitative estimate of drug-likeness (QED) is 0.789. The Kier molecular flexibility index (Phi) is 5.35. The lowest BCUT2D eigenvalue weighted by Crippen LogP contribution is -2.38. The molecule has 1 saturated heterocycles. The summed E-state index contributed by atoms with van der Waals surface area (Å²) in [6, 6.07) is 5.82. The number of aromatic nitrogens is 1. The second-order valence-corrected chi connectivity index (χ2v) is 7.72. The topological polar surface area (TPSA) is 76.4 Å². The van der Waals surface area contributed by atoms with E-state index in [1.165, 1.54) is 12.8 Å². The number of carbonyl (C=O) groups is 1. The van der Waals surface area contributed by atoms with E-state index in [0.29, 0.717) is 30.5 Å². The minimum atomic E-state index is -1.02. The van der Waals surface area contributed by atoms with Crippen LogP contribution in [-0.4, -0.2) is 36.4 Å². The summed E-state index contributed by atoms with van der Waals surface area (Å²) in [6.45, 7) is 5.33. The Bertz CT molecular complexity index is 841. The molecule has 2 N–H and O–H groups in total. The lowest BCUT2D eigenvalue weighted by atomic mass is 10.0. The zero-order valence-electron chi connectivity index (χ0n) is 16.3. The van der Waals surface area contributed by atoms with Crippen LogP contribution in [0.4, 0.5) is 10.1 Å². The number of ether oxygens (including phenoxy) is 1. The van der Waals surface area contributed by atoms with Crippen molar-refractivity contribution in [2.24, 2.45) is 5.92 Å². The molecule has 2 fully saturated rings. The molecule has 1 aromatic carbocycles.